The van der Waals surface area contributed by atoms with E-state index in [-0.39, 0.29) is 5.91 Å². The molecule has 1 N–H and O–H groups in total. The Kier molecular flexibility index (Phi) is 4.59. The predicted molar refractivity (Wildman–Crippen MR) is 104 cm³/mol. The summed E-state index contributed by atoms with van der Waals surface area (Å²) in [6.07, 6.45) is 6.65. The number of nitrogens with zero attached hydrogens (tertiary/aromatic N) is 2. The van der Waals surface area contributed by atoms with Crippen molar-refractivity contribution in [2.45, 2.75) is 45.6 Å². The molecule has 0 radical (unpaired) electrons. The number of nitrogens with one attached hydrogen (secondary N) is 1. The molecular weight excluding hydrogens is 326 g/mol. The van der Waals surface area contributed by atoms with Gasteiger partial charge in [-0.3, -0.25) is 4.79 Å². The number of carbonyl (C=O) groups excluding carboxylic acids is 1. The average Bonchev–Trinajstić information content (AvgIpc) is 3.38. The summed E-state index contributed by atoms with van der Waals surface area (Å²) in [7, 11) is 0. The highest BCUT2D eigenvalue weighted by Crippen LogP contribution is 2.38. The Hall–Kier alpha value is -2.11. The quantitative estimate of drug-likeness (QED) is 0.831. The van der Waals surface area contributed by atoms with Gasteiger partial charge in [-0.05, 0) is 50.5 Å². The molecule has 1 aromatic heterocycles. The van der Waals surface area contributed by atoms with E-state index < -0.39 is 0 Å². The molecule has 1 aromatic carbocycles. The highest BCUT2D eigenvalue weighted by molar-refractivity contribution is 6.02. The van der Waals surface area contributed by atoms with E-state index in [2.05, 4.69) is 36.3 Å². The van der Waals surface area contributed by atoms with Crippen LogP contribution in [0.5, 0.6) is 0 Å². The second-order valence-electron chi connectivity index (χ2n) is 7.66. The monoisotopic (exact) mass is 354 g/mol. The summed E-state index contributed by atoms with van der Waals surface area (Å²) in [5.74, 6) is 0.131. The van der Waals surface area contributed by atoms with Crippen LogP contribution < -0.4 is 9.91 Å². The van der Waals surface area contributed by atoms with E-state index in [0.29, 0.717) is 11.8 Å². The molecule has 26 heavy (non-hydrogen) atoms. The van der Waals surface area contributed by atoms with Gasteiger partial charge in [0.2, 0.25) is 0 Å². The topological polar surface area (TPSA) is 45.5 Å². The lowest BCUT2D eigenvalue weighted by atomic mass is 10.1. The minimum Gasteiger partial charge on any atom is -0.459 e. The Morgan fingerprint density at radius 3 is 2.65 bits per heavy atom. The van der Waals surface area contributed by atoms with Crippen molar-refractivity contribution in [2.24, 2.45) is 0 Å². The van der Waals surface area contributed by atoms with Crippen LogP contribution in [-0.2, 0) is 0 Å². The van der Waals surface area contributed by atoms with E-state index in [9.17, 15) is 4.79 Å². The van der Waals surface area contributed by atoms with E-state index in [0.717, 1.165) is 15.8 Å². The molecule has 5 nitrogen and oxygen atoms in total. The molecule has 0 bridgehead atoms. The van der Waals surface area contributed by atoms with Gasteiger partial charge >= 0.3 is 0 Å². The fourth-order valence-electron chi connectivity index (χ4n) is 4.65. The molecule has 2 saturated heterocycles. The van der Waals surface area contributed by atoms with Crippen molar-refractivity contribution >= 4 is 17.3 Å². The first kappa shape index (κ1) is 17.3. The van der Waals surface area contributed by atoms with Crippen molar-refractivity contribution in [3.63, 3.8) is 0 Å². The minimum atomic E-state index is -0.205. The van der Waals surface area contributed by atoms with E-state index in [1.165, 1.54) is 57.3 Å². The van der Waals surface area contributed by atoms with Gasteiger partial charge in [0, 0.05) is 37.2 Å². The fraction of sp³-hybridized carbons (Fsp3) is 0.476. The molecule has 1 atom stereocenters. The maximum Gasteiger partial charge on any atom is 0.291 e. The maximum atomic E-state index is 12.3. The van der Waals surface area contributed by atoms with Crippen LogP contribution in [-0.4, -0.2) is 36.6 Å². The highest BCUT2D eigenvalue weighted by Gasteiger charge is 2.45. The fourth-order valence-corrected chi connectivity index (χ4v) is 4.65. The SMILES string of the molecule is Cc1cc([N+]2(N3CCC[C@@H]3C)CCCC2)ccc1NC(=O)c1ccco1. The van der Waals surface area contributed by atoms with Gasteiger partial charge in [-0.1, -0.05) is 0 Å². The Morgan fingerprint density at radius 2 is 2.04 bits per heavy atom. The number of aryl methyl sites for hydroxylation is 1. The molecule has 2 aromatic rings. The van der Waals surface area contributed by atoms with E-state index >= 15 is 0 Å². The number of hydrogen-bond acceptors (Lipinski definition) is 3. The van der Waals surface area contributed by atoms with E-state index in [1.54, 1.807) is 12.1 Å². The standard InChI is InChI=1S/C21H27N3O2/c1-16-15-18(9-10-19(16)22-21(25)20-8-6-14-26-20)24(12-3-4-13-24)23-11-5-7-17(23)2/h6,8-10,14-15,17H,3-5,7,11-13H2,1-2H3/p+1/t17-/m0/s1. The van der Waals surface area contributed by atoms with Crippen molar-refractivity contribution < 1.29 is 9.21 Å². The molecule has 5 heteroatoms. The molecule has 0 aliphatic carbocycles. The van der Waals surface area contributed by atoms with Crippen molar-refractivity contribution in [2.75, 3.05) is 25.0 Å². The van der Waals surface area contributed by atoms with Gasteiger partial charge in [0.15, 0.2) is 11.4 Å². The Balaban J connectivity index is 1.61. The van der Waals surface area contributed by atoms with Crippen LogP contribution in [0.2, 0.25) is 0 Å². The second kappa shape index (κ2) is 6.89. The largest absolute Gasteiger partial charge is 0.459 e. The lowest BCUT2D eigenvalue weighted by Gasteiger charge is -2.43. The Morgan fingerprint density at radius 1 is 1.23 bits per heavy atom. The third kappa shape index (κ3) is 2.95. The number of quaternary nitrogens is 1. The molecule has 2 fully saturated rings. The number of furan rings is 1. The first-order valence-electron chi connectivity index (χ1n) is 9.70. The summed E-state index contributed by atoms with van der Waals surface area (Å²) in [6.45, 7) is 7.97. The zero-order valence-corrected chi connectivity index (χ0v) is 15.7. The highest BCUT2D eigenvalue weighted by atomic mass is 16.3. The van der Waals surface area contributed by atoms with Crippen molar-refractivity contribution in [3.05, 3.63) is 47.9 Å². The number of anilines is 1. The van der Waals surface area contributed by atoms with Crippen LogP contribution in [0.25, 0.3) is 0 Å². The molecule has 0 spiro atoms. The first-order chi connectivity index (χ1) is 12.6. The van der Waals surface area contributed by atoms with Crippen LogP contribution >= 0.6 is 0 Å². The summed E-state index contributed by atoms with van der Waals surface area (Å²) < 4.78 is 6.17. The van der Waals surface area contributed by atoms with Crippen LogP contribution in [0.3, 0.4) is 0 Å². The third-order valence-electron chi connectivity index (χ3n) is 6.00. The normalized spacial score (nSPS) is 22.6. The van der Waals surface area contributed by atoms with Gasteiger partial charge in [-0.25, -0.2) is 4.59 Å². The van der Waals surface area contributed by atoms with Gasteiger partial charge < -0.3 is 9.73 Å². The summed E-state index contributed by atoms with van der Waals surface area (Å²) >= 11 is 0. The van der Waals surface area contributed by atoms with Gasteiger partial charge in [-0.2, -0.15) is 0 Å². The van der Waals surface area contributed by atoms with Gasteiger partial charge in [-0.15, -0.1) is 5.01 Å². The molecule has 0 saturated carbocycles. The van der Waals surface area contributed by atoms with Crippen molar-refractivity contribution in [3.8, 4) is 0 Å². The molecule has 1 amide bonds. The van der Waals surface area contributed by atoms with Crippen molar-refractivity contribution in [1.29, 1.82) is 0 Å². The van der Waals surface area contributed by atoms with E-state index in [4.69, 9.17) is 4.42 Å². The van der Waals surface area contributed by atoms with E-state index in [1.807, 2.05) is 6.07 Å². The lowest BCUT2D eigenvalue weighted by molar-refractivity contribution is -0.00237. The van der Waals surface area contributed by atoms with Crippen LogP contribution in [0.1, 0.15) is 48.7 Å². The zero-order chi connectivity index (χ0) is 18.1. The van der Waals surface area contributed by atoms with Crippen LogP contribution in [0, 0.1) is 6.92 Å². The molecule has 2 aliphatic heterocycles. The number of hydrogen-bond donors (Lipinski definition) is 1. The molecule has 4 rings (SSSR count). The first-order valence-corrected chi connectivity index (χ1v) is 9.70. The lowest BCUT2D eigenvalue weighted by Crippen LogP contribution is -2.61. The second-order valence-corrected chi connectivity index (χ2v) is 7.66. The summed E-state index contributed by atoms with van der Waals surface area (Å²) in [5, 5.41) is 5.65. The van der Waals surface area contributed by atoms with Crippen molar-refractivity contribution in [1.82, 2.24) is 9.60 Å². The molecule has 0 unspecified atom stereocenters. The molecular formula is C21H28N3O2+. The smallest absolute Gasteiger partial charge is 0.291 e. The van der Waals surface area contributed by atoms with Crippen LogP contribution in [0.4, 0.5) is 11.4 Å². The zero-order valence-electron chi connectivity index (χ0n) is 15.7. The summed E-state index contributed by atoms with van der Waals surface area (Å²) in [5.41, 5.74) is 3.30. The average molecular weight is 354 g/mol. The van der Waals surface area contributed by atoms with Gasteiger partial charge in [0.05, 0.1) is 12.3 Å². The molecule has 2 aliphatic rings. The van der Waals surface area contributed by atoms with Gasteiger partial charge in [0.25, 0.3) is 5.91 Å². The summed E-state index contributed by atoms with van der Waals surface area (Å²) in [4.78, 5) is 12.3. The van der Waals surface area contributed by atoms with Gasteiger partial charge in [0.1, 0.15) is 13.1 Å². The number of rotatable bonds is 4. The Bertz CT molecular complexity index is 779. The third-order valence-corrected chi connectivity index (χ3v) is 6.00. The molecule has 3 heterocycles. The maximum absolute atomic E-state index is 12.3. The van der Waals surface area contributed by atoms with Crippen LogP contribution in [0.15, 0.2) is 41.0 Å². The summed E-state index contributed by atoms with van der Waals surface area (Å²) in [6, 6.07) is 10.5. The number of amides is 1. The predicted octanol–water partition coefficient (Wildman–Crippen LogP) is 4.34. The minimum absolute atomic E-state index is 0.205. The number of benzene rings is 1. The Labute approximate surface area is 155 Å². The number of carbonyl (C=O) groups is 1. The molecule has 138 valence electrons.